The fourth-order valence-electron chi connectivity index (χ4n) is 6.64. The number of Topliss-reactive ketones (excluding diaryl/α,β-unsaturated/α-hetero) is 2. The number of benzene rings is 2. The van der Waals surface area contributed by atoms with Crippen molar-refractivity contribution in [2.24, 2.45) is 17.6 Å². The van der Waals surface area contributed by atoms with Crippen LogP contribution in [-0.2, 0) is 27.2 Å². The number of fused-ring (bicyclic) bond motifs is 4. The van der Waals surface area contributed by atoms with E-state index < -0.39 is 69.6 Å². The molecule has 39 heavy (non-hydrogen) atoms. The van der Waals surface area contributed by atoms with E-state index in [0.29, 0.717) is 6.42 Å². The summed E-state index contributed by atoms with van der Waals surface area (Å²) in [6.45, 7) is 2.04. The standard InChI is InChI=1S/C29H31FN2O7/c1-4-5-6-12-7-8-14-15(9-12)23(33)19-16(21(14)30)10-13-11-17-22(32(2)3)25(35)20(28(31)38)27(37)29(17,39)26(36)18(13)24(19)34/h7-9,13,17,22,33-34,37,39H,4-6,10-11H2,1-3H3,(H2,31,38)/t13-,17-,22-,29-/m0/s1. The lowest BCUT2D eigenvalue weighted by Gasteiger charge is -2.50. The summed E-state index contributed by atoms with van der Waals surface area (Å²) in [7, 11) is 3.04. The van der Waals surface area contributed by atoms with E-state index in [1.807, 2.05) is 6.92 Å². The molecule has 0 radical (unpaired) electrons. The largest absolute Gasteiger partial charge is 0.508 e. The number of unbranched alkanes of at least 4 members (excludes halogenated alkanes) is 1. The highest BCUT2D eigenvalue weighted by atomic mass is 19.1. The van der Waals surface area contributed by atoms with E-state index in [-0.39, 0.29) is 40.3 Å². The second-order valence-electron chi connectivity index (χ2n) is 11.0. The number of likely N-dealkylation sites (N-methyl/N-ethyl adjacent to an activating group) is 1. The Morgan fingerprint density at radius 1 is 1.18 bits per heavy atom. The molecule has 3 aliphatic carbocycles. The van der Waals surface area contributed by atoms with Gasteiger partial charge in [0, 0.05) is 27.8 Å². The maximum Gasteiger partial charge on any atom is 0.255 e. The summed E-state index contributed by atoms with van der Waals surface area (Å²) in [4.78, 5) is 40.6. The molecule has 0 unspecified atom stereocenters. The van der Waals surface area contributed by atoms with E-state index in [2.05, 4.69) is 0 Å². The molecule has 9 nitrogen and oxygen atoms in total. The van der Waals surface area contributed by atoms with Crippen LogP contribution in [-0.4, -0.2) is 68.5 Å². The predicted octanol–water partition coefficient (Wildman–Crippen LogP) is 2.60. The van der Waals surface area contributed by atoms with Crippen LogP contribution in [0.5, 0.6) is 5.75 Å². The second-order valence-corrected chi connectivity index (χ2v) is 11.0. The third kappa shape index (κ3) is 3.61. The number of ketones is 2. The maximum atomic E-state index is 15.9. The second kappa shape index (κ2) is 9.17. The molecule has 0 heterocycles. The summed E-state index contributed by atoms with van der Waals surface area (Å²) in [5.41, 5.74) is 2.07. The molecule has 3 aliphatic rings. The number of hydrogen-bond donors (Lipinski definition) is 5. The summed E-state index contributed by atoms with van der Waals surface area (Å²) in [5, 5.41) is 45.5. The van der Waals surface area contributed by atoms with Crippen molar-refractivity contribution in [3.63, 3.8) is 0 Å². The van der Waals surface area contributed by atoms with Gasteiger partial charge in [-0.1, -0.05) is 25.5 Å². The van der Waals surface area contributed by atoms with Crippen LogP contribution >= 0.6 is 0 Å². The minimum absolute atomic E-state index is 0.0203. The molecule has 1 saturated carbocycles. The molecule has 2 aromatic carbocycles. The Bertz CT molecular complexity index is 1530. The topological polar surface area (TPSA) is 161 Å². The van der Waals surface area contributed by atoms with Crippen molar-refractivity contribution >= 4 is 34.0 Å². The average Bonchev–Trinajstić information content (AvgIpc) is 2.87. The molecule has 0 aromatic heterocycles. The summed E-state index contributed by atoms with van der Waals surface area (Å²) in [6.07, 6.45) is 2.36. The van der Waals surface area contributed by atoms with Crippen molar-refractivity contribution in [3.05, 3.63) is 57.6 Å². The number of nitrogens with zero attached hydrogens (tertiary/aromatic N) is 1. The highest BCUT2D eigenvalue weighted by Crippen LogP contribution is 2.53. The number of halogens is 1. The number of aliphatic hydroxyl groups is 3. The third-order valence-corrected chi connectivity index (χ3v) is 8.51. The fraction of sp³-hybridized carbons (Fsp3) is 0.414. The van der Waals surface area contributed by atoms with Gasteiger partial charge in [-0.05, 0) is 57.3 Å². The average molecular weight is 539 g/mol. The van der Waals surface area contributed by atoms with Gasteiger partial charge in [-0.15, -0.1) is 0 Å². The van der Waals surface area contributed by atoms with Crippen LogP contribution in [0, 0.1) is 17.7 Å². The summed E-state index contributed by atoms with van der Waals surface area (Å²) < 4.78 is 15.9. The Kier molecular flexibility index (Phi) is 6.31. The van der Waals surface area contributed by atoms with Crippen LogP contribution in [0.3, 0.4) is 0 Å². The predicted molar refractivity (Wildman–Crippen MR) is 140 cm³/mol. The molecule has 1 amide bonds. The molecule has 2 aromatic rings. The Morgan fingerprint density at radius 3 is 2.49 bits per heavy atom. The highest BCUT2D eigenvalue weighted by molar-refractivity contribution is 6.24. The van der Waals surface area contributed by atoms with Gasteiger partial charge < -0.3 is 26.2 Å². The van der Waals surface area contributed by atoms with Crippen LogP contribution in [0.4, 0.5) is 4.39 Å². The van der Waals surface area contributed by atoms with Gasteiger partial charge in [0.2, 0.25) is 5.78 Å². The van der Waals surface area contributed by atoms with Crippen molar-refractivity contribution in [1.29, 1.82) is 0 Å². The first-order chi connectivity index (χ1) is 18.4. The number of rotatable bonds is 5. The van der Waals surface area contributed by atoms with Gasteiger partial charge >= 0.3 is 0 Å². The van der Waals surface area contributed by atoms with Crippen LogP contribution in [0.1, 0.15) is 42.9 Å². The van der Waals surface area contributed by atoms with E-state index in [9.17, 15) is 34.8 Å². The Labute approximate surface area is 224 Å². The van der Waals surface area contributed by atoms with Gasteiger partial charge in [0.25, 0.3) is 5.91 Å². The van der Waals surface area contributed by atoms with E-state index >= 15 is 4.39 Å². The molecule has 206 valence electrons. The maximum absolute atomic E-state index is 15.9. The van der Waals surface area contributed by atoms with Crippen LogP contribution in [0.25, 0.3) is 16.5 Å². The molecule has 0 saturated heterocycles. The molecular formula is C29H31FN2O7. The van der Waals surface area contributed by atoms with E-state index in [4.69, 9.17) is 5.73 Å². The number of phenols is 1. The zero-order chi connectivity index (χ0) is 28.5. The number of aromatic hydroxyl groups is 1. The van der Waals surface area contributed by atoms with Gasteiger partial charge in [-0.2, -0.15) is 0 Å². The van der Waals surface area contributed by atoms with Crippen molar-refractivity contribution in [1.82, 2.24) is 4.90 Å². The van der Waals surface area contributed by atoms with Crippen molar-refractivity contribution in [3.8, 4) is 5.75 Å². The van der Waals surface area contributed by atoms with Gasteiger partial charge in [-0.25, -0.2) is 4.39 Å². The number of carbonyl (C=O) groups is 3. The van der Waals surface area contributed by atoms with Gasteiger partial charge in [0.05, 0.1) is 11.6 Å². The van der Waals surface area contributed by atoms with E-state index in [1.54, 1.807) is 18.2 Å². The van der Waals surface area contributed by atoms with Crippen molar-refractivity contribution in [2.45, 2.75) is 50.7 Å². The monoisotopic (exact) mass is 538 g/mol. The normalized spacial score (nSPS) is 26.7. The summed E-state index contributed by atoms with van der Waals surface area (Å²) in [5.74, 6) is -8.21. The Balaban J connectivity index is 1.74. The van der Waals surface area contributed by atoms with Crippen molar-refractivity contribution < 1.29 is 39.2 Å². The molecule has 0 spiro atoms. The quantitative estimate of drug-likeness (QED) is 0.363. The minimum Gasteiger partial charge on any atom is -0.508 e. The Morgan fingerprint density at radius 2 is 1.87 bits per heavy atom. The first kappa shape index (κ1) is 26.8. The number of aryl methyl sites for hydroxylation is 1. The Hall–Kier alpha value is -3.76. The van der Waals surface area contributed by atoms with Crippen LogP contribution in [0.2, 0.25) is 0 Å². The molecular weight excluding hydrogens is 507 g/mol. The number of phenolic OH excluding ortho intramolecular Hbond substituents is 1. The van der Waals surface area contributed by atoms with Gasteiger partial charge in [-0.3, -0.25) is 19.3 Å². The number of primary amides is 1. The number of amides is 1. The lowest BCUT2D eigenvalue weighted by Crippen LogP contribution is -2.65. The number of nitrogens with two attached hydrogens (primary N) is 1. The summed E-state index contributed by atoms with van der Waals surface area (Å²) in [6, 6.07) is 3.84. The lowest BCUT2D eigenvalue weighted by atomic mass is 9.57. The highest BCUT2D eigenvalue weighted by Gasteiger charge is 2.64. The SMILES string of the molecule is CCCCc1ccc2c(F)c3c(c(O)c2c1)C(O)=C1C(=O)[C@]2(O)C(O)=C(C(N)=O)C(=O)[C@@H](N(C)C)[C@@H]2C[C@@H]1C3. The first-order valence-corrected chi connectivity index (χ1v) is 13.0. The summed E-state index contributed by atoms with van der Waals surface area (Å²) >= 11 is 0. The fourth-order valence-corrected chi connectivity index (χ4v) is 6.64. The van der Waals surface area contributed by atoms with Gasteiger partial charge in [0.1, 0.15) is 28.7 Å². The number of aliphatic hydroxyl groups excluding tert-OH is 2. The number of hydrogen-bond acceptors (Lipinski definition) is 8. The molecule has 10 heteroatoms. The molecule has 6 N–H and O–H groups in total. The van der Waals surface area contributed by atoms with E-state index in [1.165, 1.54) is 19.0 Å². The van der Waals surface area contributed by atoms with Crippen molar-refractivity contribution in [2.75, 3.05) is 14.1 Å². The molecule has 1 fully saturated rings. The van der Waals surface area contributed by atoms with Gasteiger partial charge in [0.15, 0.2) is 11.4 Å². The smallest absolute Gasteiger partial charge is 0.255 e. The zero-order valence-corrected chi connectivity index (χ0v) is 21.9. The molecule has 5 rings (SSSR count). The lowest BCUT2D eigenvalue weighted by molar-refractivity contribution is -0.153. The minimum atomic E-state index is -2.73. The molecule has 4 atom stereocenters. The third-order valence-electron chi connectivity index (χ3n) is 8.51. The molecule has 0 aliphatic heterocycles. The first-order valence-electron chi connectivity index (χ1n) is 13.0. The van der Waals surface area contributed by atoms with E-state index in [0.717, 1.165) is 18.4 Å². The van der Waals surface area contributed by atoms with Crippen LogP contribution in [0.15, 0.2) is 35.1 Å². The van der Waals surface area contributed by atoms with Crippen LogP contribution < -0.4 is 5.73 Å². The number of carbonyl (C=O) groups excluding carboxylic acids is 3. The molecule has 0 bridgehead atoms. The zero-order valence-electron chi connectivity index (χ0n) is 21.9.